The van der Waals surface area contributed by atoms with E-state index in [1.54, 1.807) is 6.20 Å². The number of nitrogens with zero attached hydrogens (tertiary/aromatic N) is 3. The standard InChI is InChI=1S/C10H15N3O2/c1-12-9(4-5-11-12)8-3-2-6-13(7-8)10(14)15/h4-5,8H,2-3,6-7H2,1H3,(H,14,15). The van der Waals surface area contributed by atoms with Gasteiger partial charge in [-0.3, -0.25) is 4.68 Å². The summed E-state index contributed by atoms with van der Waals surface area (Å²) in [6.45, 7) is 1.25. The fourth-order valence-electron chi connectivity index (χ4n) is 2.18. The normalized spacial score (nSPS) is 21.7. The Morgan fingerprint density at radius 2 is 2.47 bits per heavy atom. The number of carbonyl (C=O) groups is 1. The van der Waals surface area contributed by atoms with Crippen LogP contribution in [0.15, 0.2) is 12.3 Å². The molecule has 0 aromatic carbocycles. The number of aryl methyl sites for hydroxylation is 1. The molecule has 0 aliphatic carbocycles. The fourth-order valence-corrected chi connectivity index (χ4v) is 2.18. The highest BCUT2D eigenvalue weighted by molar-refractivity contribution is 5.65. The minimum absolute atomic E-state index is 0.294. The summed E-state index contributed by atoms with van der Waals surface area (Å²) in [7, 11) is 1.90. The Bertz CT molecular complexity index is 361. The van der Waals surface area contributed by atoms with Crippen LogP contribution >= 0.6 is 0 Å². The van der Waals surface area contributed by atoms with Crippen LogP contribution in [0, 0.1) is 0 Å². The molecule has 1 aliphatic heterocycles. The molecule has 2 heterocycles. The van der Waals surface area contributed by atoms with Gasteiger partial charge in [0.1, 0.15) is 0 Å². The van der Waals surface area contributed by atoms with Crippen molar-refractivity contribution in [3.63, 3.8) is 0 Å². The molecule has 1 unspecified atom stereocenters. The molecular weight excluding hydrogens is 194 g/mol. The van der Waals surface area contributed by atoms with Gasteiger partial charge in [0.2, 0.25) is 0 Å². The Balaban J connectivity index is 2.11. The Labute approximate surface area is 88.3 Å². The van der Waals surface area contributed by atoms with Crippen molar-refractivity contribution in [2.75, 3.05) is 13.1 Å². The monoisotopic (exact) mass is 209 g/mol. The van der Waals surface area contributed by atoms with Gasteiger partial charge in [-0.1, -0.05) is 0 Å². The van der Waals surface area contributed by atoms with Gasteiger partial charge in [-0.15, -0.1) is 0 Å². The first-order valence-corrected chi connectivity index (χ1v) is 5.14. The zero-order valence-corrected chi connectivity index (χ0v) is 8.76. The molecule has 1 atom stereocenters. The summed E-state index contributed by atoms with van der Waals surface area (Å²) in [5, 5.41) is 13.0. The van der Waals surface area contributed by atoms with Gasteiger partial charge in [-0.2, -0.15) is 5.10 Å². The fraction of sp³-hybridized carbons (Fsp3) is 0.600. The summed E-state index contributed by atoms with van der Waals surface area (Å²) in [6.07, 6.45) is 2.92. The maximum atomic E-state index is 10.9. The zero-order valence-electron chi connectivity index (χ0n) is 8.76. The van der Waals surface area contributed by atoms with E-state index < -0.39 is 6.09 Å². The molecule has 2 rings (SSSR count). The number of rotatable bonds is 1. The number of hydrogen-bond donors (Lipinski definition) is 1. The molecule has 5 nitrogen and oxygen atoms in total. The third-order valence-electron chi connectivity index (χ3n) is 2.97. The molecule has 5 heteroatoms. The quantitative estimate of drug-likeness (QED) is 0.758. The van der Waals surface area contributed by atoms with E-state index in [1.165, 1.54) is 4.90 Å². The summed E-state index contributed by atoms with van der Waals surface area (Å²) in [4.78, 5) is 12.3. The molecule has 0 spiro atoms. The highest BCUT2D eigenvalue weighted by Crippen LogP contribution is 2.26. The van der Waals surface area contributed by atoms with Crippen molar-refractivity contribution in [1.82, 2.24) is 14.7 Å². The summed E-state index contributed by atoms with van der Waals surface area (Å²) >= 11 is 0. The predicted molar refractivity (Wildman–Crippen MR) is 54.8 cm³/mol. The minimum Gasteiger partial charge on any atom is -0.465 e. The first-order valence-electron chi connectivity index (χ1n) is 5.14. The topological polar surface area (TPSA) is 58.4 Å². The molecule has 0 saturated carbocycles. The molecule has 1 amide bonds. The number of hydrogen-bond acceptors (Lipinski definition) is 2. The molecule has 0 bridgehead atoms. The summed E-state index contributed by atoms with van der Waals surface area (Å²) in [5.74, 6) is 0.294. The van der Waals surface area contributed by atoms with Gasteiger partial charge < -0.3 is 10.0 Å². The highest BCUT2D eigenvalue weighted by Gasteiger charge is 2.25. The van der Waals surface area contributed by atoms with E-state index in [4.69, 9.17) is 5.11 Å². The Kier molecular flexibility index (Phi) is 2.62. The predicted octanol–water partition coefficient (Wildman–Crippen LogP) is 1.28. The molecule has 1 N–H and O–H groups in total. The Morgan fingerprint density at radius 1 is 1.67 bits per heavy atom. The van der Waals surface area contributed by atoms with Gasteiger partial charge in [-0.05, 0) is 18.9 Å². The van der Waals surface area contributed by atoms with Gasteiger partial charge in [0, 0.05) is 37.9 Å². The third-order valence-corrected chi connectivity index (χ3v) is 2.97. The van der Waals surface area contributed by atoms with Crippen LogP contribution in [0.5, 0.6) is 0 Å². The highest BCUT2D eigenvalue weighted by atomic mass is 16.4. The van der Waals surface area contributed by atoms with E-state index in [0.717, 1.165) is 18.5 Å². The van der Waals surface area contributed by atoms with Gasteiger partial charge in [0.15, 0.2) is 0 Å². The lowest BCUT2D eigenvalue weighted by Crippen LogP contribution is -2.38. The Hall–Kier alpha value is -1.52. The number of likely N-dealkylation sites (tertiary alicyclic amines) is 1. The van der Waals surface area contributed by atoms with Crippen LogP contribution in [-0.4, -0.2) is 39.0 Å². The maximum absolute atomic E-state index is 10.9. The number of aromatic nitrogens is 2. The number of carboxylic acid groups (broad SMARTS) is 1. The van der Waals surface area contributed by atoms with Crippen molar-refractivity contribution in [2.24, 2.45) is 7.05 Å². The van der Waals surface area contributed by atoms with E-state index in [9.17, 15) is 4.79 Å². The van der Waals surface area contributed by atoms with E-state index in [1.807, 2.05) is 17.8 Å². The SMILES string of the molecule is Cn1nccc1C1CCCN(C(=O)O)C1. The zero-order chi connectivity index (χ0) is 10.8. The second kappa shape index (κ2) is 3.92. The summed E-state index contributed by atoms with van der Waals surface area (Å²) in [5.41, 5.74) is 1.13. The van der Waals surface area contributed by atoms with Gasteiger partial charge in [0.05, 0.1) is 0 Å². The van der Waals surface area contributed by atoms with Crippen LogP contribution in [0.1, 0.15) is 24.5 Å². The Morgan fingerprint density at radius 3 is 3.07 bits per heavy atom. The molecule has 1 aliphatic rings. The summed E-state index contributed by atoms with van der Waals surface area (Å²) in [6, 6.07) is 1.97. The smallest absolute Gasteiger partial charge is 0.407 e. The van der Waals surface area contributed by atoms with Crippen molar-refractivity contribution in [3.05, 3.63) is 18.0 Å². The number of amides is 1. The lowest BCUT2D eigenvalue weighted by molar-refractivity contribution is 0.129. The van der Waals surface area contributed by atoms with Crippen LogP contribution in [-0.2, 0) is 7.05 Å². The van der Waals surface area contributed by atoms with Gasteiger partial charge in [-0.25, -0.2) is 4.79 Å². The molecule has 82 valence electrons. The maximum Gasteiger partial charge on any atom is 0.407 e. The average molecular weight is 209 g/mol. The third kappa shape index (κ3) is 1.95. The van der Waals surface area contributed by atoms with Crippen molar-refractivity contribution < 1.29 is 9.90 Å². The lowest BCUT2D eigenvalue weighted by Gasteiger charge is -2.30. The molecule has 1 fully saturated rings. The minimum atomic E-state index is -0.818. The molecule has 1 aromatic heterocycles. The molecular formula is C10H15N3O2. The molecule has 1 aromatic rings. The molecule has 15 heavy (non-hydrogen) atoms. The van der Waals surface area contributed by atoms with Crippen molar-refractivity contribution >= 4 is 6.09 Å². The van der Waals surface area contributed by atoms with E-state index >= 15 is 0 Å². The van der Waals surface area contributed by atoms with Crippen molar-refractivity contribution in [3.8, 4) is 0 Å². The number of piperidine rings is 1. The first-order chi connectivity index (χ1) is 7.18. The molecule has 1 saturated heterocycles. The average Bonchev–Trinajstić information content (AvgIpc) is 2.64. The van der Waals surface area contributed by atoms with Crippen molar-refractivity contribution in [2.45, 2.75) is 18.8 Å². The largest absolute Gasteiger partial charge is 0.465 e. The van der Waals surface area contributed by atoms with Crippen LogP contribution in [0.2, 0.25) is 0 Å². The first kappa shape index (κ1) is 10.0. The van der Waals surface area contributed by atoms with Crippen molar-refractivity contribution in [1.29, 1.82) is 0 Å². The van der Waals surface area contributed by atoms with Crippen LogP contribution < -0.4 is 0 Å². The van der Waals surface area contributed by atoms with E-state index in [0.29, 0.717) is 19.0 Å². The van der Waals surface area contributed by atoms with E-state index in [-0.39, 0.29) is 0 Å². The van der Waals surface area contributed by atoms with Crippen LogP contribution in [0.25, 0.3) is 0 Å². The van der Waals surface area contributed by atoms with Gasteiger partial charge in [0.25, 0.3) is 0 Å². The van der Waals surface area contributed by atoms with Crippen LogP contribution in [0.3, 0.4) is 0 Å². The second-order valence-corrected chi connectivity index (χ2v) is 3.95. The van der Waals surface area contributed by atoms with E-state index in [2.05, 4.69) is 5.10 Å². The summed E-state index contributed by atoms with van der Waals surface area (Å²) < 4.78 is 1.83. The van der Waals surface area contributed by atoms with Crippen LogP contribution in [0.4, 0.5) is 4.79 Å². The van der Waals surface area contributed by atoms with Gasteiger partial charge >= 0.3 is 6.09 Å². The second-order valence-electron chi connectivity index (χ2n) is 3.95. The molecule has 0 radical (unpaired) electrons. The lowest BCUT2D eigenvalue weighted by atomic mass is 9.95.